The second kappa shape index (κ2) is 7.06. The molecule has 0 atom stereocenters. The Bertz CT molecular complexity index is 724. The van der Waals surface area contributed by atoms with Crippen LogP contribution in [0.5, 0.6) is 11.5 Å². The Hall–Kier alpha value is -2.68. The molecule has 0 amide bonds. The summed E-state index contributed by atoms with van der Waals surface area (Å²) >= 11 is 0. The molecule has 0 aliphatic heterocycles. The van der Waals surface area contributed by atoms with Gasteiger partial charge in [0.25, 0.3) is 0 Å². The van der Waals surface area contributed by atoms with Crippen LogP contribution in [0, 0.1) is 13.8 Å². The summed E-state index contributed by atoms with van der Waals surface area (Å²) < 4.78 is 12.2. The fourth-order valence-corrected chi connectivity index (χ4v) is 2.39. The number of aryl methyl sites for hydroxylation is 2. The standard InChI is InChI=1S/C20H19BO2/c1-16-8-6-12-19(14-16)22-21(18-10-4-3-5-11-18)23-20-13-7-9-17(2)15-20/h3-15H,1-2H3. The first-order valence-electron chi connectivity index (χ1n) is 7.72. The van der Waals surface area contributed by atoms with Crippen molar-refractivity contribution >= 4 is 12.6 Å². The van der Waals surface area contributed by atoms with E-state index in [1.54, 1.807) is 0 Å². The first-order valence-corrected chi connectivity index (χ1v) is 7.72. The lowest BCUT2D eigenvalue weighted by Gasteiger charge is -2.17. The van der Waals surface area contributed by atoms with E-state index < -0.39 is 7.12 Å². The summed E-state index contributed by atoms with van der Waals surface area (Å²) in [6, 6.07) is 26.0. The van der Waals surface area contributed by atoms with Gasteiger partial charge in [-0.1, -0.05) is 54.6 Å². The second-order valence-electron chi connectivity index (χ2n) is 5.61. The minimum absolute atomic E-state index is 0.486. The van der Waals surface area contributed by atoms with Crippen molar-refractivity contribution < 1.29 is 9.31 Å². The van der Waals surface area contributed by atoms with E-state index in [-0.39, 0.29) is 0 Å². The average Bonchev–Trinajstić information content (AvgIpc) is 2.55. The summed E-state index contributed by atoms with van der Waals surface area (Å²) in [5.74, 6) is 1.60. The van der Waals surface area contributed by atoms with Crippen LogP contribution in [0.2, 0.25) is 0 Å². The van der Waals surface area contributed by atoms with Crippen molar-refractivity contribution in [3.8, 4) is 11.5 Å². The smallest absolute Gasteiger partial charge is 0.522 e. The van der Waals surface area contributed by atoms with E-state index in [4.69, 9.17) is 9.31 Å². The summed E-state index contributed by atoms with van der Waals surface area (Å²) in [6.07, 6.45) is 0. The molecule has 0 saturated carbocycles. The van der Waals surface area contributed by atoms with E-state index in [1.807, 2.05) is 92.7 Å². The largest absolute Gasteiger partial charge is 0.632 e. The molecule has 0 spiro atoms. The average molecular weight is 302 g/mol. The summed E-state index contributed by atoms with van der Waals surface area (Å²) in [5, 5.41) is 0. The maximum atomic E-state index is 6.10. The lowest BCUT2D eigenvalue weighted by atomic mass is 9.78. The highest BCUT2D eigenvalue weighted by molar-refractivity contribution is 6.62. The van der Waals surface area contributed by atoms with Crippen LogP contribution in [0.1, 0.15) is 11.1 Å². The molecule has 3 heteroatoms. The molecule has 3 aromatic carbocycles. The highest BCUT2D eigenvalue weighted by Crippen LogP contribution is 2.17. The van der Waals surface area contributed by atoms with E-state index in [2.05, 4.69) is 0 Å². The van der Waals surface area contributed by atoms with E-state index in [0.29, 0.717) is 0 Å². The SMILES string of the molecule is Cc1cccc(OB(Oc2cccc(C)c2)c2ccccc2)c1. The topological polar surface area (TPSA) is 18.5 Å². The van der Waals surface area contributed by atoms with Crippen molar-refractivity contribution in [1.29, 1.82) is 0 Å². The first-order chi connectivity index (χ1) is 11.2. The Labute approximate surface area is 137 Å². The number of hydrogen-bond acceptors (Lipinski definition) is 2. The Balaban J connectivity index is 1.87. The quantitative estimate of drug-likeness (QED) is 0.659. The fourth-order valence-electron chi connectivity index (χ4n) is 2.39. The van der Waals surface area contributed by atoms with Gasteiger partial charge in [0.2, 0.25) is 0 Å². The van der Waals surface area contributed by atoms with Crippen molar-refractivity contribution in [3.63, 3.8) is 0 Å². The number of hydrogen-bond donors (Lipinski definition) is 0. The van der Waals surface area contributed by atoms with Crippen LogP contribution < -0.4 is 14.8 Å². The van der Waals surface area contributed by atoms with Crippen molar-refractivity contribution in [3.05, 3.63) is 90.0 Å². The molecule has 3 rings (SSSR count). The normalized spacial score (nSPS) is 10.2. The van der Waals surface area contributed by atoms with Crippen LogP contribution in [-0.4, -0.2) is 7.12 Å². The zero-order valence-electron chi connectivity index (χ0n) is 13.4. The Morgan fingerprint density at radius 2 is 1.13 bits per heavy atom. The van der Waals surface area contributed by atoms with Crippen LogP contribution in [0.3, 0.4) is 0 Å². The third-order valence-electron chi connectivity index (χ3n) is 3.54. The minimum atomic E-state index is -0.486. The van der Waals surface area contributed by atoms with Crippen LogP contribution >= 0.6 is 0 Å². The predicted molar refractivity (Wildman–Crippen MR) is 95.4 cm³/mol. The molecule has 0 aliphatic carbocycles. The van der Waals surface area contributed by atoms with Gasteiger partial charge in [-0.3, -0.25) is 0 Å². The van der Waals surface area contributed by atoms with E-state index in [1.165, 1.54) is 0 Å². The Morgan fingerprint density at radius 3 is 1.61 bits per heavy atom. The van der Waals surface area contributed by atoms with Gasteiger partial charge in [0, 0.05) is 5.46 Å². The van der Waals surface area contributed by atoms with Crippen molar-refractivity contribution in [2.45, 2.75) is 13.8 Å². The molecule has 3 aromatic rings. The van der Waals surface area contributed by atoms with E-state index >= 15 is 0 Å². The molecular formula is C20H19BO2. The van der Waals surface area contributed by atoms with Gasteiger partial charge < -0.3 is 9.31 Å². The third-order valence-corrected chi connectivity index (χ3v) is 3.54. The lowest BCUT2D eigenvalue weighted by molar-refractivity contribution is 0.439. The third kappa shape index (κ3) is 4.16. The van der Waals surface area contributed by atoms with Gasteiger partial charge >= 0.3 is 7.12 Å². The highest BCUT2D eigenvalue weighted by atomic mass is 16.6. The predicted octanol–water partition coefficient (Wildman–Crippen LogP) is 4.16. The van der Waals surface area contributed by atoms with Gasteiger partial charge in [-0.05, 0) is 49.2 Å². The van der Waals surface area contributed by atoms with E-state index in [9.17, 15) is 0 Å². The molecule has 0 unspecified atom stereocenters. The van der Waals surface area contributed by atoms with Gasteiger partial charge in [0.1, 0.15) is 11.5 Å². The molecule has 0 aromatic heterocycles. The van der Waals surface area contributed by atoms with Crippen molar-refractivity contribution in [1.82, 2.24) is 0 Å². The molecule has 0 aliphatic rings. The summed E-state index contributed by atoms with van der Waals surface area (Å²) in [7, 11) is -0.486. The molecule has 0 bridgehead atoms. The van der Waals surface area contributed by atoms with Crippen LogP contribution in [0.25, 0.3) is 0 Å². The summed E-state index contributed by atoms with van der Waals surface area (Å²) in [6.45, 7) is 4.09. The van der Waals surface area contributed by atoms with Gasteiger partial charge in [-0.2, -0.15) is 0 Å². The highest BCUT2D eigenvalue weighted by Gasteiger charge is 2.26. The molecule has 0 radical (unpaired) electrons. The molecule has 0 N–H and O–H groups in total. The van der Waals surface area contributed by atoms with Crippen LogP contribution in [-0.2, 0) is 0 Å². The number of benzene rings is 3. The van der Waals surface area contributed by atoms with Gasteiger partial charge in [0.15, 0.2) is 0 Å². The molecule has 114 valence electrons. The van der Waals surface area contributed by atoms with Gasteiger partial charge in [-0.25, -0.2) is 0 Å². The van der Waals surface area contributed by atoms with Crippen LogP contribution in [0.4, 0.5) is 0 Å². The lowest BCUT2D eigenvalue weighted by Crippen LogP contribution is -2.42. The molecule has 0 fully saturated rings. The zero-order valence-corrected chi connectivity index (χ0v) is 13.4. The molecule has 0 heterocycles. The van der Waals surface area contributed by atoms with E-state index in [0.717, 1.165) is 28.1 Å². The second-order valence-corrected chi connectivity index (χ2v) is 5.61. The van der Waals surface area contributed by atoms with Crippen molar-refractivity contribution in [2.24, 2.45) is 0 Å². The van der Waals surface area contributed by atoms with Gasteiger partial charge in [-0.15, -0.1) is 0 Å². The first kappa shape index (κ1) is 15.2. The van der Waals surface area contributed by atoms with Crippen LogP contribution in [0.15, 0.2) is 78.9 Å². The minimum Gasteiger partial charge on any atom is -0.522 e. The molecule has 0 saturated heterocycles. The molecular weight excluding hydrogens is 283 g/mol. The summed E-state index contributed by atoms with van der Waals surface area (Å²) in [4.78, 5) is 0. The summed E-state index contributed by atoms with van der Waals surface area (Å²) in [5.41, 5.74) is 3.30. The maximum absolute atomic E-state index is 6.10. The molecule has 23 heavy (non-hydrogen) atoms. The molecule has 2 nitrogen and oxygen atoms in total. The Kier molecular flexibility index (Phi) is 4.67. The Morgan fingerprint density at radius 1 is 0.609 bits per heavy atom. The number of rotatable bonds is 5. The van der Waals surface area contributed by atoms with Crippen molar-refractivity contribution in [2.75, 3.05) is 0 Å². The maximum Gasteiger partial charge on any atom is 0.632 e. The zero-order chi connectivity index (χ0) is 16.1. The van der Waals surface area contributed by atoms with Gasteiger partial charge in [0.05, 0.1) is 0 Å². The monoisotopic (exact) mass is 302 g/mol. The fraction of sp³-hybridized carbons (Fsp3) is 0.100.